The number of nitrogens with zero attached hydrogens (tertiary/aromatic N) is 3. The van der Waals surface area contributed by atoms with Crippen LogP contribution in [0.4, 0.5) is 0 Å². The summed E-state index contributed by atoms with van der Waals surface area (Å²) in [4.78, 5) is 23.4. The number of hydrogen-bond donors (Lipinski definition) is 1. The molecule has 8 nitrogen and oxygen atoms in total. The summed E-state index contributed by atoms with van der Waals surface area (Å²) in [6.45, 7) is 1.60. The van der Waals surface area contributed by atoms with Crippen molar-refractivity contribution in [3.8, 4) is 17.6 Å². The summed E-state index contributed by atoms with van der Waals surface area (Å²) in [6, 6.07) is 3.12. The molecule has 0 amide bonds. The molecular weight excluding hydrogens is 290 g/mol. The van der Waals surface area contributed by atoms with Gasteiger partial charge in [-0.25, -0.2) is 9.78 Å². The molecule has 0 radical (unpaired) electrons. The lowest BCUT2D eigenvalue weighted by molar-refractivity contribution is 0.0689. The second-order valence-corrected chi connectivity index (χ2v) is 4.27. The van der Waals surface area contributed by atoms with Crippen molar-refractivity contribution in [2.45, 2.75) is 13.5 Å². The highest BCUT2D eigenvalue weighted by atomic mass is 16.5. The number of aromatic carboxylic acids is 1. The normalized spacial score (nSPS) is 10.1. The van der Waals surface area contributed by atoms with Gasteiger partial charge in [0.05, 0.1) is 20.3 Å². The van der Waals surface area contributed by atoms with Crippen molar-refractivity contribution >= 4 is 5.97 Å². The van der Waals surface area contributed by atoms with Crippen LogP contribution in [0, 0.1) is 6.92 Å². The van der Waals surface area contributed by atoms with Gasteiger partial charge in [0.25, 0.3) is 0 Å². The van der Waals surface area contributed by atoms with Crippen LogP contribution in [-0.4, -0.2) is 40.2 Å². The first kappa shape index (κ1) is 15.5. The summed E-state index contributed by atoms with van der Waals surface area (Å²) in [5.41, 5.74) is 0.569. The van der Waals surface area contributed by atoms with Gasteiger partial charge in [0, 0.05) is 6.20 Å². The molecule has 0 aliphatic carbocycles. The summed E-state index contributed by atoms with van der Waals surface area (Å²) < 4.78 is 15.5. The zero-order valence-corrected chi connectivity index (χ0v) is 12.4. The van der Waals surface area contributed by atoms with E-state index in [9.17, 15) is 9.90 Å². The van der Waals surface area contributed by atoms with Crippen molar-refractivity contribution in [1.82, 2.24) is 15.0 Å². The highest BCUT2D eigenvalue weighted by Crippen LogP contribution is 2.21. The summed E-state index contributed by atoms with van der Waals surface area (Å²) >= 11 is 0. The van der Waals surface area contributed by atoms with E-state index in [0.717, 1.165) is 0 Å². The van der Waals surface area contributed by atoms with Gasteiger partial charge in [-0.2, -0.15) is 9.97 Å². The standard InChI is InChI=1S/C14H15N3O5/c1-8-4-5-15-13(12(8)14(18)19)22-7-9-16-10(20-2)6-11(17-9)21-3/h4-6H,7H2,1-3H3,(H,18,19). The lowest BCUT2D eigenvalue weighted by Crippen LogP contribution is -2.09. The molecule has 2 rings (SSSR count). The van der Waals surface area contributed by atoms with E-state index in [-0.39, 0.29) is 23.9 Å². The summed E-state index contributed by atoms with van der Waals surface area (Å²) in [6.07, 6.45) is 1.48. The Bertz CT molecular complexity index is 668. The van der Waals surface area contributed by atoms with Crippen molar-refractivity contribution in [2.75, 3.05) is 14.2 Å². The Hall–Kier alpha value is -2.90. The molecule has 0 spiro atoms. The number of hydrogen-bond acceptors (Lipinski definition) is 7. The topological polar surface area (TPSA) is 104 Å². The maximum atomic E-state index is 11.3. The van der Waals surface area contributed by atoms with Crippen LogP contribution in [0.5, 0.6) is 17.6 Å². The van der Waals surface area contributed by atoms with E-state index in [2.05, 4.69) is 15.0 Å². The number of carboxylic acids is 1. The SMILES string of the molecule is COc1cc(OC)nc(COc2nccc(C)c2C(=O)O)n1. The maximum absolute atomic E-state index is 11.3. The van der Waals surface area contributed by atoms with Gasteiger partial charge in [-0.1, -0.05) is 0 Å². The van der Waals surface area contributed by atoms with E-state index in [1.54, 1.807) is 13.0 Å². The number of ether oxygens (including phenoxy) is 3. The van der Waals surface area contributed by atoms with E-state index in [1.165, 1.54) is 26.5 Å². The van der Waals surface area contributed by atoms with Gasteiger partial charge in [0.1, 0.15) is 12.2 Å². The average Bonchev–Trinajstić information content (AvgIpc) is 2.52. The maximum Gasteiger partial charge on any atom is 0.341 e. The van der Waals surface area contributed by atoms with E-state index < -0.39 is 5.97 Å². The van der Waals surface area contributed by atoms with Gasteiger partial charge < -0.3 is 19.3 Å². The Labute approximate surface area is 126 Å². The highest BCUT2D eigenvalue weighted by Gasteiger charge is 2.16. The Morgan fingerprint density at radius 1 is 1.23 bits per heavy atom. The van der Waals surface area contributed by atoms with Crippen LogP contribution >= 0.6 is 0 Å². The van der Waals surface area contributed by atoms with Gasteiger partial charge in [-0.05, 0) is 18.6 Å². The molecule has 2 aromatic rings. The molecule has 22 heavy (non-hydrogen) atoms. The predicted molar refractivity (Wildman–Crippen MR) is 75.4 cm³/mol. The molecule has 8 heteroatoms. The minimum Gasteiger partial charge on any atom is -0.481 e. The minimum absolute atomic E-state index is 0.0114. The molecule has 0 aliphatic heterocycles. The molecule has 0 aromatic carbocycles. The monoisotopic (exact) mass is 305 g/mol. The van der Waals surface area contributed by atoms with E-state index in [1.807, 2.05) is 0 Å². The fourth-order valence-electron chi connectivity index (χ4n) is 1.76. The van der Waals surface area contributed by atoms with E-state index in [0.29, 0.717) is 17.3 Å². The quantitative estimate of drug-likeness (QED) is 0.855. The molecule has 2 aromatic heterocycles. The molecular formula is C14H15N3O5. The van der Waals surface area contributed by atoms with Crippen molar-refractivity contribution in [2.24, 2.45) is 0 Å². The van der Waals surface area contributed by atoms with Crippen molar-refractivity contribution in [3.63, 3.8) is 0 Å². The molecule has 0 saturated heterocycles. The first-order valence-corrected chi connectivity index (χ1v) is 6.32. The average molecular weight is 305 g/mol. The second kappa shape index (κ2) is 6.70. The number of aromatic nitrogens is 3. The van der Waals surface area contributed by atoms with Gasteiger partial charge in [0.2, 0.25) is 17.6 Å². The molecule has 0 fully saturated rings. The first-order valence-electron chi connectivity index (χ1n) is 6.32. The zero-order chi connectivity index (χ0) is 16.1. The fourth-order valence-corrected chi connectivity index (χ4v) is 1.76. The zero-order valence-electron chi connectivity index (χ0n) is 12.4. The second-order valence-electron chi connectivity index (χ2n) is 4.27. The number of rotatable bonds is 6. The summed E-state index contributed by atoms with van der Waals surface area (Å²) in [5.74, 6) is -0.166. The molecule has 2 heterocycles. The number of aryl methyl sites for hydroxylation is 1. The smallest absolute Gasteiger partial charge is 0.341 e. The van der Waals surface area contributed by atoms with Crippen LogP contribution < -0.4 is 14.2 Å². The number of carboxylic acid groups (broad SMARTS) is 1. The van der Waals surface area contributed by atoms with E-state index >= 15 is 0 Å². The van der Waals surface area contributed by atoms with Gasteiger partial charge in [-0.3, -0.25) is 0 Å². The first-order chi connectivity index (χ1) is 10.5. The van der Waals surface area contributed by atoms with Crippen LogP contribution in [-0.2, 0) is 6.61 Å². The molecule has 0 aliphatic rings. The fraction of sp³-hybridized carbons (Fsp3) is 0.286. The molecule has 1 N–H and O–H groups in total. The minimum atomic E-state index is -1.11. The molecule has 0 saturated carbocycles. The Kier molecular flexibility index (Phi) is 4.72. The van der Waals surface area contributed by atoms with Crippen LogP contribution in [0.3, 0.4) is 0 Å². The molecule has 116 valence electrons. The summed E-state index contributed by atoms with van der Waals surface area (Å²) in [7, 11) is 2.94. The van der Waals surface area contributed by atoms with E-state index in [4.69, 9.17) is 14.2 Å². The lowest BCUT2D eigenvalue weighted by Gasteiger charge is -2.10. The van der Waals surface area contributed by atoms with Crippen LogP contribution in [0.15, 0.2) is 18.3 Å². The molecule has 0 atom stereocenters. The molecule has 0 bridgehead atoms. The van der Waals surface area contributed by atoms with Crippen molar-refractivity contribution in [3.05, 3.63) is 35.3 Å². The Morgan fingerprint density at radius 2 is 1.86 bits per heavy atom. The predicted octanol–water partition coefficient (Wildman–Crippen LogP) is 1.47. The van der Waals surface area contributed by atoms with Crippen LogP contribution in [0.2, 0.25) is 0 Å². The third kappa shape index (κ3) is 3.40. The van der Waals surface area contributed by atoms with Gasteiger partial charge >= 0.3 is 5.97 Å². The van der Waals surface area contributed by atoms with Crippen LogP contribution in [0.1, 0.15) is 21.7 Å². The Balaban J connectivity index is 2.24. The van der Waals surface area contributed by atoms with Crippen molar-refractivity contribution in [1.29, 1.82) is 0 Å². The van der Waals surface area contributed by atoms with Crippen molar-refractivity contribution < 1.29 is 24.1 Å². The number of methoxy groups -OCH3 is 2. The third-order valence-corrected chi connectivity index (χ3v) is 2.82. The Morgan fingerprint density at radius 3 is 2.41 bits per heavy atom. The van der Waals surface area contributed by atoms with Crippen LogP contribution in [0.25, 0.3) is 0 Å². The largest absolute Gasteiger partial charge is 0.481 e. The van der Waals surface area contributed by atoms with Gasteiger partial charge in [0.15, 0.2) is 5.82 Å². The number of pyridine rings is 1. The van der Waals surface area contributed by atoms with Gasteiger partial charge in [-0.15, -0.1) is 0 Å². The molecule has 0 unspecified atom stereocenters. The number of carbonyl (C=O) groups is 1. The lowest BCUT2D eigenvalue weighted by atomic mass is 10.1. The summed E-state index contributed by atoms with van der Waals surface area (Å²) in [5, 5.41) is 9.22. The third-order valence-electron chi connectivity index (χ3n) is 2.82. The highest BCUT2D eigenvalue weighted by molar-refractivity contribution is 5.91.